The van der Waals surface area contributed by atoms with E-state index in [9.17, 15) is 0 Å². The Bertz CT molecular complexity index is 1100. The van der Waals surface area contributed by atoms with Crippen molar-refractivity contribution in [1.82, 2.24) is 9.47 Å². The van der Waals surface area contributed by atoms with Crippen molar-refractivity contribution in [3.8, 4) is 0 Å². The van der Waals surface area contributed by atoms with Gasteiger partial charge in [-0.15, -0.1) is 0 Å². The lowest BCUT2D eigenvalue weighted by Gasteiger charge is -2.20. The summed E-state index contributed by atoms with van der Waals surface area (Å²) in [6.45, 7) is 2.04. The van der Waals surface area contributed by atoms with Gasteiger partial charge in [-0.1, -0.05) is 66.7 Å². The monoisotopic (exact) mass is 380 g/mol. The molecule has 0 saturated heterocycles. The maximum absolute atomic E-state index is 2.45. The second kappa shape index (κ2) is 7.53. The predicted molar refractivity (Wildman–Crippen MR) is 122 cm³/mol. The summed E-state index contributed by atoms with van der Waals surface area (Å²) in [7, 11) is 4.29. The summed E-state index contributed by atoms with van der Waals surface area (Å²) in [5, 5.41) is 1.38. The normalized spacial score (nSPS) is 14.0. The van der Waals surface area contributed by atoms with Crippen LogP contribution in [0.2, 0.25) is 0 Å². The van der Waals surface area contributed by atoms with E-state index < -0.39 is 0 Å². The fraction of sp³-hybridized carbons (Fsp3) is 0.259. The first-order valence-electron chi connectivity index (χ1n) is 10.6. The SMILES string of the molecule is CN(C)CCn1cc(C2c3ccccc3CCc3ccccc32)c2ccccc21. The number of hydrogen-bond acceptors (Lipinski definition) is 1. The van der Waals surface area contributed by atoms with Gasteiger partial charge < -0.3 is 9.47 Å². The molecule has 29 heavy (non-hydrogen) atoms. The number of likely N-dealkylation sites (N-methyl/N-ethyl adjacent to an activating group) is 1. The average molecular weight is 381 g/mol. The Labute approximate surface area is 173 Å². The summed E-state index contributed by atoms with van der Waals surface area (Å²) in [6.07, 6.45) is 4.64. The molecule has 2 heteroatoms. The standard InChI is InChI=1S/C27H28N2/c1-28(2)17-18-29-19-25(24-13-7-8-14-26(24)29)27-22-11-5-3-9-20(22)15-16-21-10-4-6-12-23(21)27/h3-14,19,27H,15-18H2,1-2H3. The molecule has 0 bridgehead atoms. The molecule has 0 unspecified atom stereocenters. The number of para-hydroxylation sites is 1. The minimum absolute atomic E-state index is 0.287. The van der Waals surface area contributed by atoms with Gasteiger partial charge in [0, 0.05) is 36.1 Å². The molecule has 0 aliphatic heterocycles. The summed E-state index contributed by atoms with van der Waals surface area (Å²) in [6, 6.07) is 27.0. The number of benzene rings is 3. The van der Waals surface area contributed by atoms with Crippen LogP contribution in [0.25, 0.3) is 10.9 Å². The van der Waals surface area contributed by atoms with Gasteiger partial charge in [-0.3, -0.25) is 0 Å². The number of hydrogen-bond donors (Lipinski definition) is 0. The van der Waals surface area contributed by atoms with Gasteiger partial charge in [-0.05, 0) is 60.8 Å². The molecule has 2 nitrogen and oxygen atoms in total. The fourth-order valence-electron chi connectivity index (χ4n) is 4.86. The molecule has 146 valence electrons. The van der Waals surface area contributed by atoms with E-state index in [0.717, 1.165) is 25.9 Å². The molecule has 0 amide bonds. The summed E-state index contributed by atoms with van der Waals surface area (Å²) in [4.78, 5) is 2.25. The van der Waals surface area contributed by atoms with Crippen molar-refractivity contribution in [2.24, 2.45) is 0 Å². The number of fused-ring (bicyclic) bond motifs is 3. The molecular weight excluding hydrogens is 352 g/mol. The highest BCUT2D eigenvalue weighted by Crippen LogP contribution is 2.42. The average Bonchev–Trinajstić information content (AvgIpc) is 3.02. The molecule has 0 N–H and O–H groups in total. The molecular formula is C27H28N2. The van der Waals surface area contributed by atoms with Crippen molar-refractivity contribution in [1.29, 1.82) is 0 Å². The zero-order valence-electron chi connectivity index (χ0n) is 17.3. The molecule has 1 aromatic heterocycles. The minimum atomic E-state index is 0.287. The Morgan fingerprint density at radius 1 is 0.759 bits per heavy atom. The summed E-state index contributed by atoms with van der Waals surface area (Å²) < 4.78 is 2.45. The Kier molecular flexibility index (Phi) is 4.73. The van der Waals surface area contributed by atoms with Crippen LogP contribution in [0.15, 0.2) is 79.0 Å². The maximum atomic E-state index is 2.45. The largest absolute Gasteiger partial charge is 0.346 e. The first-order chi connectivity index (χ1) is 14.2. The van der Waals surface area contributed by atoms with Crippen LogP contribution in [0.1, 0.15) is 33.7 Å². The minimum Gasteiger partial charge on any atom is -0.346 e. The number of aromatic nitrogens is 1. The number of rotatable bonds is 4. The van der Waals surface area contributed by atoms with Gasteiger partial charge in [-0.2, -0.15) is 0 Å². The molecule has 0 saturated carbocycles. The molecule has 4 aromatic rings. The fourth-order valence-corrected chi connectivity index (χ4v) is 4.86. The highest BCUT2D eigenvalue weighted by Gasteiger charge is 2.27. The summed E-state index contributed by atoms with van der Waals surface area (Å²) in [5.74, 6) is 0.287. The number of aryl methyl sites for hydroxylation is 2. The van der Waals surface area contributed by atoms with Crippen LogP contribution in [-0.4, -0.2) is 30.1 Å². The Balaban J connectivity index is 1.75. The van der Waals surface area contributed by atoms with Crippen LogP contribution in [0, 0.1) is 0 Å². The van der Waals surface area contributed by atoms with Gasteiger partial charge in [0.1, 0.15) is 0 Å². The van der Waals surface area contributed by atoms with Gasteiger partial charge in [0.2, 0.25) is 0 Å². The van der Waals surface area contributed by atoms with Gasteiger partial charge >= 0.3 is 0 Å². The van der Waals surface area contributed by atoms with Gasteiger partial charge in [-0.25, -0.2) is 0 Å². The molecule has 1 aliphatic carbocycles. The third-order valence-electron chi connectivity index (χ3n) is 6.31. The second-order valence-corrected chi connectivity index (χ2v) is 8.43. The highest BCUT2D eigenvalue weighted by molar-refractivity contribution is 5.86. The quantitative estimate of drug-likeness (QED) is 0.455. The van der Waals surface area contributed by atoms with E-state index in [1.165, 1.54) is 38.7 Å². The van der Waals surface area contributed by atoms with E-state index in [4.69, 9.17) is 0 Å². The third-order valence-corrected chi connectivity index (χ3v) is 6.31. The Hall–Kier alpha value is -2.84. The Morgan fingerprint density at radius 3 is 2.00 bits per heavy atom. The molecule has 1 heterocycles. The molecule has 3 aromatic carbocycles. The molecule has 5 rings (SSSR count). The van der Waals surface area contributed by atoms with Crippen molar-refractivity contribution in [3.63, 3.8) is 0 Å². The van der Waals surface area contributed by atoms with E-state index in [0.29, 0.717) is 0 Å². The van der Waals surface area contributed by atoms with Crippen LogP contribution in [0.4, 0.5) is 0 Å². The summed E-state index contributed by atoms with van der Waals surface area (Å²) >= 11 is 0. The van der Waals surface area contributed by atoms with E-state index in [1.807, 2.05) is 0 Å². The van der Waals surface area contributed by atoms with Gasteiger partial charge in [0.15, 0.2) is 0 Å². The zero-order chi connectivity index (χ0) is 19.8. The van der Waals surface area contributed by atoms with Crippen molar-refractivity contribution in [2.75, 3.05) is 20.6 Å². The van der Waals surface area contributed by atoms with E-state index in [2.05, 4.69) is 103 Å². The molecule has 0 atom stereocenters. The van der Waals surface area contributed by atoms with Crippen LogP contribution in [0.5, 0.6) is 0 Å². The van der Waals surface area contributed by atoms with E-state index in [-0.39, 0.29) is 5.92 Å². The molecule has 0 spiro atoms. The van der Waals surface area contributed by atoms with Crippen LogP contribution in [0.3, 0.4) is 0 Å². The Morgan fingerprint density at radius 2 is 1.34 bits per heavy atom. The van der Waals surface area contributed by atoms with Crippen LogP contribution >= 0.6 is 0 Å². The van der Waals surface area contributed by atoms with Crippen molar-refractivity contribution in [3.05, 3.63) is 107 Å². The predicted octanol–water partition coefficient (Wildman–Crippen LogP) is 5.48. The molecule has 0 radical (unpaired) electrons. The lowest BCUT2D eigenvalue weighted by molar-refractivity contribution is 0.387. The zero-order valence-corrected chi connectivity index (χ0v) is 17.3. The van der Waals surface area contributed by atoms with Crippen molar-refractivity contribution in [2.45, 2.75) is 25.3 Å². The van der Waals surface area contributed by atoms with Crippen molar-refractivity contribution < 1.29 is 0 Å². The third kappa shape index (κ3) is 3.28. The summed E-state index contributed by atoms with van der Waals surface area (Å²) in [5.41, 5.74) is 8.67. The van der Waals surface area contributed by atoms with E-state index >= 15 is 0 Å². The molecule has 0 fully saturated rings. The van der Waals surface area contributed by atoms with E-state index in [1.54, 1.807) is 0 Å². The maximum Gasteiger partial charge on any atom is 0.0483 e. The molecule has 1 aliphatic rings. The first-order valence-corrected chi connectivity index (χ1v) is 10.6. The highest BCUT2D eigenvalue weighted by atomic mass is 15.1. The first kappa shape index (κ1) is 18.2. The lowest BCUT2D eigenvalue weighted by atomic mass is 9.82. The van der Waals surface area contributed by atoms with Gasteiger partial charge in [0.25, 0.3) is 0 Å². The second-order valence-electron chi connectivity index (χ2n) is 8.43. The van der Waals surface area contributed by atoms with Crippen LogP contribution < -0.4 is 0 Å². The van der Waals surface area contributed by atoms with Gasteiger partial charge in [0.05, 0.1) is 0 Å². The lowest BCUT2D eigenvalue weighted by Crippen LogP contribution is -2.18. The van der Waals surface area contributed by atoms with Crippen LogP contribution in [-0.2, 0) is 19.4 Å². The number of nitrogens with zero attached hydrogens (tertiary/aromatic N) is 2. The van der Waals surface area contributed by atoms with Crippen molar-refractivity contribution >= 4 is 10.9 Å². The topological polar surface area (TPSA) is 8.17 Å². The smallest absolute Gasteiger partial charge is 0.0483 e.